The summed E-state index contributed by atoms with van der Waals surface area (Å²) in [6.45, 7) is -2.61. The highest BCUT2D eigenvalue weighted by Crippen LogP contribution is 2.36. The van der Waals surface area contributed by atoms with Crippen LogP contribution in [0.25, 0.3) is 11.1 Å². The molecule has 1 aromatic carbocycles. The molecular weight excluding hydrogens is 643 g/mol. The molecule has 2 aliphatic rings. The number of rotatable bonds is 10. The Kier molecular flexibility index (Phi) is 9.68. The van der Waals surface area contributed by atoms with Gasteiger partial charge in [0, 0.05) is 54.0 Å². The minimum atomic E-state index is -4.52. The number of halogens is 3. The molecule has 2 saturated heterocycles. The molecule has 0 bridgehead atoms. The molecule has 3 aromatic rings. The van der Waals surface area contributed by atoms with E-state index in [1.165, 1.54) is 18.5 Å². The lowest BCUT2D eigenvalue weighted by Crippen LogP contribution is -2.44. The Bertz CT molecular complexity index is 1620. The maximum absolute atomic E-state index is 13.7. The lowest BCUT2D eigenvalue weighted by molar-refractivity contribution is -0.179. The standard InChI is InChI=1S/C27H27ClF2N5O9P/c28-18-3-1-16(2-4-18)13-35(44-24(36)6-8-45(39,40)41)25(37)22-10-23(21(12-31-22)17-11-32-34(14-17)26(29)30)43-20-5-7-33-19(9-20)15-42-27(33)38/h1-4,10-12,14,19-20,26H,5-9,13,15H2,(H2,39,40,41)/t19-,20-/m0/s1. The van der Waals surface area contributed by atoms with Crippen molar-refractivity contribution in [3.05, 3.63) is 65.2 Å². The van der Waals surface area contributed by atoms with Crippen LogP contribution in [0.5, 0.6) is 5.75 Å². The van der Waals surface area contributed by atoms with E-state index in [4.69, 9.17) is 35.7 Å². The van der Waals surface area contributed by atoms with Crippen molar-refractivity contribution in [3.63, 3.8) is 0 Å². The average Bonchev–Trinajstić information content (AvgIpc) is 3.63. The van der Waals surface area contributed by atoms with Gasteiger partial charge in [0.25, 0.3) is 0 Å². The molecule has 2 N–H and O–H groups in total. The zero-order chi connectivity index (χ0) is 32.3. The number of cyclic esters (lactones) is 1. The number of piperidine rings is 1. The van der Waals surface area contributed by atoms with Crippen molar-refractivity contribution >= 4 is 37.2 Å². The van der Waals surface area contributed by atoms with Gasteiger partial charge in [-0.3, -0.25) is 14.3 Å². The van der Waals surface area contributed by atoms with Gasteiger partial charge in [0.05, 0.1) is 31.4 Å². The first-order valence-electron chi connectivity index (χ1n) is 13.6. The van der Waals surface area contributed by atoms with Crippen LogP contribution in [0.15, 0.2) is 48.9 Å². The number of pyridine rings is 1. The van der Waals surface area contributed by atoms with Crippen LogP contribution in [-0.2, 0) is 25.5 Å². The lowest BCUT2D eigenvalue weighted by Gasteiger charge is -2.33. The molecule has 18 heteroatoms. The van der Waals surface area contributed by atoms with Gasteiger partial charge in [0.15, 0.2) is 0 Å². The van der Waals surface area contributed by atoms with Crippen molar-refractivity contribution in [1.82, 2.24) is 24.7 Å². The largest absolute Gasteiger partial charge is 0.489 e. The normalized spacial score (nSPS) is 18.0. The Hall–Kier alpha value is -4.11. The number of hydroxylamine groups is 2. The Morgan fingerprint density at radius 3 is 2.67 bits per heavy atom. The van der Waals surface area contributed by atoms with E-state index in [0.717, 1.165) is 6.20 Å². The summed E-state index contributed by atoms with van der Waals surface area (Å²) >= 11 is 5.96. The van der Waals surface area contributed by atoms with Crippen molar-refractivity contribution in [2.75, 3.05) is 19.3 Å². The van der Waals surface area contributed by atoms with Crippen LogP contribution < -0.4 is 4.74 Å². The van der Waals surface area contributed by atoms with Crippen LogP contribution in [0.3, 0.4) is 0 Å². The average molecular weight is 670 g/mol. The first-order valence-corrected chi connectivity index (χ1v) is 15.8. The van der Waals surface area contributed by atoms with Gasteiger partial charge < -0.3 is 29.0 Å². The number of benzene rings is 1. The molecule has 45 heavy (non-hydrogen) atoms. The van der Waals surface area contributed by atoms with E-state index in [1.807, 2.05) is 0 Å². The van der Waals surface area contributed by atoms with Gasteiger partial charge in [-0.1, -0.05) is 23.7 Å². The number of ether oxygens (including phenoxy) is 2. The fourth-order valence-electron chi connectivity index (χ4n) is 4.84. The molecule has 2 atom stereocenters. The van der Waals surface area contributed by atoms with E-state index >= 15 is 0 Å². The molecule has 2 fully saturated rings. The number of nitrogens with zero attached hydrogens (tertiary/aromatic N) is 5. The number of alkyl halides is 2. The molecule has 0 radical (unpaired) electrons. The van der Waals surface area contributed by atoms with Gasteiger partial charge in [0.2, 0.25) is 0 Å². The molecule has 4 heterocycles. The lowest BCUT2D eigenvalue weighted by atomic mass is 10.0. The second-order valence-electron chi connectivity index (χ2n) is 10.3. The van der Waals surface area contributed by atoms with Gasteiger partial charge in [-0.05, 0) is 17.7 Å². The topological polar surface area (TPSA) is 174 Å². The molecule has 0 saturated carbocycles. The van der Waals surface area contributed by atoms with Crippen LogP contribution in [0.4, 0.5) is 13.6 Å². The first-order chi connectivity index (χ1) is 21.4. The molecule has 0 spiro atoms. The van der Waals surface area contributed by atoms with Crippen LogP contribution in [0.1, 0.15) is 41.9 Å². The number of carbonyl (C=O) groups excluding carboxylic acids is 3. The van der Waals surface area contributed by atoms with Crippen LogP contribution in [0.2, 0.25) is 5.02 Å². The zero-order valence-corrected chi connectivity index (χ0v) is 25.0. The predicted octanol–water partition coefficient (Wildman–Crippen LogP) is 4.02. The molecule has 2 aromatic heterocycles. The van der Waals surface area contributed by atoms with Crippen LogP contribution in [0, 0.1) is 0 Å². The van der Waals surface area contributed by atoms with Crippen molar-refractivity contribution in [2.24, 2.45) is 0 Å². The molecule has 0 aliphatic carbocycles. The fraction of sp³-hybridized carbons (Fsp3) is 0.370. The second kappa shape index (κ2) is 13.5. The number of aromatic nitrogens is 3. The maximum Gasteiger partial charge on any atom is 0.410 e. The number of carbonyl (C=O) groups is 3. The van der Waals surface area contributed by atoms with E-state index in [-0.39, 0.29) is 41.8 Å². The molecular formula is C27H27ClF2N5O9P. The van der Waals surface area contributed by atoms with Crippen molar-refractivity contribution in [2.45, 2.75) is 44.5 Å². The van der Waals surface area contributed by atoms with Gasteiger partial charge in [-0.15, -0.1) is 0 Å². The van der Waals surface area contributed by atoms with Gasteiger partial charge >= 0.3 is 32.1 Å². The third-order valence-corrected chi connectivity index (χ3v) is 8.14. The summed E-state index contributed by atoms with van der Waals surface area (Å²) < 4.78 is 49.7. The molecule has 0 unspecified atom stereocenters. The SMILES string of the molecule is O=C(CCP(=O)(O)O)ON(Cc1ccc(Cl)cc1)C(=O)c1cc(O[C@H]2CCN3C(=O)OC[C@@H]3C2)c(-c2cnn(C(F)F)c2)cn1. The van der Waals surface area contributed by atoms with E-state index in [9.17, 15) is 27.7 Å². The van der Waals surface area contributed by atoms with Gasteiger partial charge in [0.1, 0.15) is 24.2 Å². The molecule has 240 valence electrons. The second-order valence-corrected chi connectivity index (χ2v) is 12.5. The maximum atomic E-state index is 13.7. The number of amides is 2. The molecule has 2 aliphatic heterocycles. The van der Waals surface area contributed by atoms with Crippen LogP contribution in [-0.4, -0.2) is 83.9 Å². The minimum Gasteiger partial charge on any atom is -0.489 e. The summed E-state index contributed by atoms with van der Waals surface area (Å²) in [6, 6.07) is 7.35. The summed E-state index contributed by atoms with van der Waals surface area (Å²) in [4.78, 5) is 67.4. The van der Waals surface area contributed by atoms with Crippen molar-refractivity contribution < 1.29 is 51.8 Å². The van der Waals surface area contributed by atoms with Gasteiger partial charge in [-0.2, -0.15) is 18.9 Å². The van der Waals surface area contributed by atoms with E-state index in [0.29, 0.717) is 39.7 Å². The van der Waals surface area contributed by atoms with Crippen LogP contribution >= 0.6 is 19.2 Å². The highest BCUT2D eigenvalue weighted by Gasteiger charge is 2.39. The third-order valence-electron chi connectivity index (χ3n) is 7.08. The number of hydrogen-bond acceptors (Lipinski definition) is 9. The first kappa shape index (κ1) is 32.3. The quantitative estimate of drug-likeness (QED) is 0.236. The Balaban J connectivity index is 1.44. The molecule has 14 nitrogen and oxygen atoms in total. The van der Waals surface area contributed by atoms with Crippen molar-refractivity contribution in [1.29, 1.82) is 0 Å². The summed E-state index contributed by atoms with van der Waals surface area (Å²) in [6.07, 6.45) is 2.05. The minimum absolute atomic E-state index is 0.102. The molecule has 5 rings (SSSR count). The summed E-state index contributed by atoms with van der Waals surface area (Å²) in [5, 5.41) is 4.77. The number of hydrogen-bond donors (Lipinski definition) is 2. The Morgan fingerprint density at radius 1 is 1.22 bits per heavy atom. The van der Waals surface area contributed by atoms with E-state index < -0.39 is 50.8 Å². The monoisotopic (exact) mass is 669 g/mol. The number of fused-ring (bicyclic) bond motifs is 1. The van der Waals surface area contributed by atoms with Gasteiger partial charge in [-0.25, -0.2) is 14.3 Å². The molecule has 2 amide bonds. The summed E-state index contributed by atoms with van der Waals surface area (Å²) in [5.41, 5.74) is 0.740. The smallest absolute Gasteiger partial charge is 0.410 e. The van der Waals surface area contributed by atoms with E-state index in [2.05, 4.69) is 10.1 Å². The predicted molar refractivity (Wildman–Crippen MR) is 151 cm³/mol. The Labute approximate surface area is 259 Å². The highest BCUT2D eigenvalue weighted by atomic mass is 35.5. The summed E-state index contributed by atoms with van der Waals surface area (Å²) in [7, 11) is -4.52. The zero-order valence-electron chi connectivity index (χ0n) is 23.4. The Morgan fingerprint density at radius 2 is 1.98 bits per heavy atom. The van der Waals surface area contributed by atoms with Crippen molar-refractivity contribution in [3.8, 4) is 16.9 Å². The third kappa shape index (κ3) is 8.14. The highest BCUT2D eigenvalue weighted by molar-refractivity contribution is 7.51. The summed E-state index contributed by atoms with van der Waals surface area (Å²) in [5.74, 6) is -1.88. The fourth-order valence-corrected chi connectivity index (χ4v) is 5.44. The van der Waals surface area contributed by atoms with E-state index in [1.54, 1.807) is 29.2 Å².